The van der Waals surface area contributed by atoms with Gasteiger partial charge in [-0.25, -0.2) is 0 Å². The van der Waals surface area contributed by atoms with Gasteiger partial charge in [0.1, 0.15) is 12.4 Å². The summed E-state index contributed by atoms with van der Waals surface area (Å²) < 4.78 is 5.64. The number of hydrogen-bond donors (Lipinski definition) is 0. The molecule has 2 nitrogen and oxygen atoms in total. The molecule has 0 radical (unpaired) electrons. The number of rotatable bonds is 3. The molecule has 0 bridgehead atoms. The van der Waals surface area contributed by atoms with Crippen molar-refractivity contribution in [2.24, 2.45) is 0 Å². The van der Waals surface area contributed by atoms with Crippen LogP contribution < -0.4 is 9.64 Å². The number of anilines is 1. The molecule has 0 fully saturated rings. The van der Waals surface area contributed by atoms with Gasteiger partial charge in [-0.3, -0.25) is 0 Å². The Morgan fingerprint density at radius 3 is 3.13 bits per heavy atom. The Kier molecular flexibility index (Phi) is 3.52. The number of nitrogens with zero attached hydrogens (tertiary/aromatic N) is 1. The highest BCUT2D eigenvalue weighted by molar-refractivity contribution is 9.09. The number of alkyl halides is 1. The van der Waals surface area contributed by atoms with Crippen molar-refractivity contribution in [1.29, 1.82) is 0 Å². The Bertz CT molecular complexity index is 340. The van der Waals surface area contributed by atoms with Crippen LogP contribution in [-0.4, -0.2) is 25.0 Å². The van der Waals surface area contributed by atoms with Crippen LogP contribution in [0.5, 0.6) is 5.75 Å². The molecule has 82 valence electrons. The number of aryl methyl sites for hydroxylation is 1. The lowest BCUT2D eigenvalue weighted by Gasteiger charge is -2.31. The molecular formula is C12H16BrNO. The number of fused-ring (bicyclic) bond motifs is 1. The third-order valence-electron chi connectivity index (χ3n) is 2.64. The quantitative estimate of drug-likeness (QED) is 0.783. The summed E-state index contributed by atoms with van der Waals surface area (Å²) in [5.41, 5.74) is 2.55. The SMILES string of the molecule is Cc1ccc2c(c1)N(CCCBr)CCO2. The second-order valence-corrected chi connectivity index (χ2v) is 4.64. The first-order valence-electron chi connectivity index (χ1n) is 5.35. The summed E-state index contributed by atoms with van der Waals surface area (Å²) >= 11 is 3.47. The molecule has 3 heteroatoms. The largest absolute Gasteiger partial charge is 0.490 e. The van der Waals surface area contributed by atoms with Gasteiger partial charge in [-0.1, -0.05) is 22.0 Å². The Labute approximate surface area is 99.4 Å². The topological polar surface area (TPSA) is 12.5 Å². The van der Waals surface area contributed by atoms with Gasteiger partial charge in [0.25, 0.3) is 0 Å². The molecule has 0 saturated heterocycles. The first-order valence-corrected chi connectivity index (χ1v) is 6.48. The van der Waals surface area contributed by atoms with E-state index in [1.54, 1.807) is 0 Å². The summed E-state index contributed by atoms with van der Waals surface area (Å²) in [6.45, 7) is 5.03. The first kappa shape index (κ1) is 10.8. The van der Waals surface area contributed by atoms with Crippen molar-refractivity contribution < 1.29 is 4.74 Å². The minimum Gasteiger partial charge on any atom is -0.490 e. The highest BCUT2D eigenvalue weighted by Gasteiger charge is 2.16. The maximum absolute atomic E-state index is 5.64. The Hall–Kier alpha value is -0.700. The highest BCUT2D eigenvalue weighted by atomic mass is 79.9. The lowest BCUT2D eigenvalue weighted by atomic mass is 10.1. The van der Waals surface area contributed by atoms with Crippen molar-refractivity contribution in [2.45, 2.75) is 13.3 Å². The van der Waals surface area contributed by atoms with Crippen molar-refractivity contribution in [3.8, 4) is 5.75 Å². The standard InChI is InChI=1S/C12H16BrNO/c1-10-3-4-12-11(9-10)14(6-2-5-13)7-8-15-12/h3-4,9H,2,5-8H2,1H3. The van der Waals surface area contributed by atoms with E-state index in [9.17, 15) is 0 Å². The zero-order chi connectivity index (χ0) is 10.7. The first-order chi connectivity index (χ1) is 7.31. The Morgan fingerprint density at radius 1 is 1.47 bits per heavy atom. The fraction of sp³-hybridized carbons (Fsp3) is 0.500. The summed E-state index contributed by atoms with van der Waals surface area (Å²) in [5, 5.41) is 1.06. The van der Waals surface area contributed by atoms with Crippen LogP contribution in [0.25, 0.3) is 0 Å². The van der Waals surface area contributed by atoms with E-state index in [0.29, 0.717) is 0 Å². The van der Waals surface area contributed by atoms with E-state index in [0.717, 1.165) is 30.8 Å². The lowest BCUT2D eigenvalue weighted by Crippen LogP contribution is -2.33. The molecule has 0 spiro atoms. The van der Waals surface area contributed by atoms with E-state index in [4.69, 9.17) is 4.74 Å². The molecule has 1 aromatic rings. The van der Waals surface area contributed by atoms with Crippen molar-refractivity contribution in [1.82, 2.24) is 0 Å². The van der Waals surface area contributed by atoms with Crippen molar-refractivity contribution in [3.05, 3.63) is 23.8 Å². The number of halogens is 1. The van der Waals surface area contributed by atoms with Gasteiger partial charge in [-0.15, -0.1) is 0 Å². The third kappa shape index (κ3) is 2.46. The molecule has 1 heterocycles. The van der Waals surface area contributed by atoms with E-state index in [1.807, 2.05) is 0 Å². The molecule has 2 rings (SSSR count). The smallest absolute Gasteiger partial charge is 0.142 e. The van der Waals surface area contributed by atoms with Gasteiger partial charge in [0, 0.05) is 11.9 Å². The van der Waals surface area contributed by atoms with Crippen molar-refractivity contribution >= 4 is 21.6 Å². The van der Waals surface area contributed by atoms with Gasteiger partial charge >= 0.3 is 0 Å². The lowest BCUT2D eigenvalue weighted by molar-refractivity contribution is 0.307. The molecular weight excluding hydrogens is 254 g/mol. The minimum atomic E-state index is 0.804. The van der Waals surface area contributed by atoms with E-state index >= 15 is 0 Å². The van der Waals surface area contributed by atoms with Gasteiger partial charge in [-0.2, -0.15) is 0 Å². The predicted octanol–water partition coefficient (Wildman–Crippen LogP) is 2.98. The summed E-state index contributed by atoms with van der Waals surface area (Å²) in [6, 6.07) is 6.39. The molecule has 15 heavy (non-hydrogen) atoms. The summed E-state index contributed by atoms with van der Waals surface area (Å²) in [6.07, 6.45) is 1.17. The van der Waals surface area contributed by atoms with E-state index in [1.165, 1.54) is 17.7 Å². The van der Waals surface area contributed by atoms with Crippen LogP contribution >= 0.6 is 15.9 Å². The summed E-state index contributed by atoms with van der Waals surface area (Å²) in [5.74, 6) is 1.03. The monoisotopic (exact) mass is 269 g/mol. The fourth-order valence-corrected chi connectivity index (χ4v) is 2.12. The maximum atomic E-state index is 5.64. The van der Waals surface area contributed by atoms with Gasteiger partial charge in [0.2, 0.25) is 0 Å². The van der Waals surface area contributed by atoms with Crippen molar-refractivity contribution in [2.75, 3.05) is 29.9 Å². The molecule has 0 N–H and O–H groups in total. The molecule has 0 saturated carbocycles. The fourth-order valence-electron chi connectivity index (χ4n) is 1.87. The van der Waals surface area contributed by atoms with Crippen molar-refractivity contribution in [3.63, 3.8) is 0 Å². The number of ether oxygens (including phenoxy) is 1. The predicted molar refractivity (Wildman–Crippen MR) is 67.3 cm³/mol. The second kappa shape index (κ2) is 4.88. The van der Waals surface area contributed by atoms with Crippen LogP contribution in [0.1, 0.15) is 12.0 Å². The normalized spacial score (nSPS) is 14.7. The third-order valence-corrected chi connectivity index (χ3v) is 3.20. The number of benzene rings is 1. The number of hydrogen-bond acceptors (Lipinski definition) is 2. The minimum absolute atomic E-state index is 0.804. The van der Waals surface area contributed by atoms with Crippen LogP contribution in [0.4, 0.5) is 5.69 Å². The van der Waals surface area contributed by atoms with E-state index in [-0.39, 0.29) is 0 Å². The average Bonchev–Trinajstić information content (AvgIpc) is 2.26. The van der Waals surface area contributed by atoms with Gasteiger partial charge < -0.3 is 9.64 Å². The van der Waals surface area contributed by atoms with E-state index in [2.05, 4.69) is 46.0 Å². The molecule has 1 aromatic carbocycles. The van der Waals surface area contributed by atoms with Crippen LogP contribution in [-0.2, 0) is 0 Å². The zero-order valence-electron chi connectivity index (χ0n) is 9.00. The van der Waals surface area contributed by atoms with E-state index < -0.39 is 0 Å². The van der Waals surface area contributed by atoms with Crippen LogP contribution in [0.2, 0.25) is 0 Å². The second-order valence-electron chi connectivity index (χ2n) is 3.85. The van der Waals surface area contributed by atoms with Gasteiger partial charge in [0.15, 0.2) is 0 Å². The molecule has 1 aliphatic heterocycles. The van der Waals surface area contributed by atoms with Gasteiger partial charge in [-0.05, 0) is 31.0 Å². The molecule has 0 aliphatic carbocycles. The molecule has 0 amide bonds. The maximum Gasteiger partial charge on any atom is 0.142 e. The summed E-state index contributed by atoms with van der Waals surface area (Å²) in [7, 11) is 0. The van der Waals surface area contributed by atoms with Crippen LogP contribution in [0.3, 0.4) is 0 Å². The summed E-state index contributed by atoms with van der Waals surface area (Å²) in [4.78, 5) is 2.41. The zero-order valence-corrected chi connectivity index (χ0v) is 10.6. The Morgan fingerprint density at radius 2 is 2.33 bits per heavy atom. The van der Waals surface area contributed by atoms with Gasteiger partial charge in [0.05, 0.1) is 12.2 Å². The Balaban J connectivity index is 2.20. The molecule has 0 aromatic heterocycles. The highest BCUT2D eigenvalue weighted by Crippen LogP contribution is 2.32. The molecule has 0 atom stereocenters. The molecule has 0 unspecified atom stereocenters. The average molecular weight is 270 g/mol. The van der Waals surface area contributed by atoms with Crippen LogP contribution in [0, 0.1) is 6.92 Å². The van der Waals surface area contributed by atoms with Crippen LogP contribution in [0.15, 0.2) is 18.2 Å². The molecule has 1 aliphatic rings.